The van der Waals surface area contributed by atoms with E-state index in [4.69, 9.17) is 0 Å². The van der Waals surface area contributed by atoms with Gasteiger partial charge >= 0.3 is 0 Å². The molecular formula is C88H64N2. The SMILES string of the molecule is C(=Cc1ccc2c(c1)C(c1ccccc1)(c1ccccc1)c1cc(N(c3ccccc3)c3ccc(-c4ccccc4)cc3)ccc1-2)c1cccc(C(c2ccccc2)(c2ccccc2)c2cccc(N(c3ccccc3)c3ccc(-c4ccccc4)cc3)c2)c1. The Kier molecular flexibility index (Phi) is 14.9. The van der Waals surface area contributed by atoms with Crippen LogP contribution in [0.4, 0.5) is 34.1 Å². The van der Waals surface area contributed by atoms with Crippen LogP contribution in [0.3, 0.4) is 0 Å². The summed E-state index contributed by atoms with van der Waals surface area (Å²) in [5, 5.41) is 0. The van der Waals surface area contributed by atoms with Gasteiger partial charge in [0.05, 0.1) is 10.8 Å². The molecule has 0 bridgehead atoms. The van der Waals surface area contributed by atoms with Crippen molar-refractivity contribution in [3.05, 3.63) is 432 Å². The molecule has 0 fully saturated rings. The van der Waals surface area contributed by atoms with Gasteiger partial charge in [-0.25, -0.2) is 0 Å². The maximum Gasteiger partial charge on any atom is 0.0714 e. The normalized spacial score (nSPS) is 12.3. The predicted octanol–water partition coefficient (Wildman–Crippen LogP) is 22.9. The minimum Gasteiger partial charge on any atom is -0.310 e. The van der Waals surface area contributed by atoms with Gasteiger partial charge < -0.3 is 9.80 Å². The Bertz CT molecular complexity index is 4680. The van der Waals surface area contributed by atoms with Crippen LogP contribution in [0.25, 0.3) is 45.5 Å². The van der Waals surface area contributed by atoms with Gasteiger partial charge in [-0.15, -0.1) is 0 Å². The Labute approximate surface area is 528 Å². The van der Waals surface area contributed by atoms with E-state index < -0.39 is 10.8 Å². The van der Waals surface area contributed by atoms with E-state index in [9.17, 15) is 0 Å². The first kappa shape index (κ1) is 55.0. The van der Waals surface area contributed by atoms with E-state index in [1.807, 2.05) is 0 Å². The molecule has 0 radical (unpaired) electrons. The molecule has 0 spiro atoms. The van der Waals surface area contributed by atoms with Gasteiger partial charge in [0.25, 0.3) is 0 Å². The Morgan fingerprint density at radius 3 is 1.02 bits per heavy atom. The lowest BCUT2D eigenvalue weighted by molar-refractivity contribution is 0.745. The summed E-state index contributed by atoms with van der Waals surface area (Å²) in [6, 6.07) is 138. The van der Waals surface area contributed by atoms with Gasteiger partial charge in [-0.2, -0.15) is 0 Å². The number of rotatable bonds is 16. The third-order valence-corrected chi connectivity index (χ3v) is 18.0. The Hall–Kier alpha value is -11.6. The highest BCUT2D eigenvalue weighted by Crippen LogP contribution is 2.58. The summed E-state index contributed by atoms with van der Waals surface area (Å²) in [6.45, 7) is 0. The number of hydrogen-bond acceptors (Lipinski definition) is 2. The van der Waals surface area contributed by atoms with E-state index in [1.54, 1.807) is 0 Å². The monoisotopic (exact) mass is 1150 g/mol. The zero-order valence-corrected chi connectivity index (χ0v) is 49.8. The van der Waals surface area contributed by atoms with E-state index in [0.717, 1.165) is 50.8 Å². The first-order valence-electron chi connectivity index (χ1n) is 31.0. The highest BCUT2D eigenvalue weighted by Gasteiger charge is 2.47. The lowest BCUT2D eigenvalue weighted by atomic mass is 9.65. The third kappa shape index (κ3) is 10.1. The van der Waals surface area contributed by atoms with Gasteiger partial charge in [0.15, 0.2) is 0 Å². The van der Waals surface area contributed by atoms with Gasteiger partial charge in [0.1, 0.15) is 0 Å². The van der Waals surface area contributed by atoms with Crippen LogP contribution in [0, 0.1) is 0 Å². The van der Waals surface area contributed by atoms with Gasteiger partial charge in [-0.1, -0.05) is 309 Å². The zero-order chi connectivity index (χ0) is 60.1. The van der Waals surface area contributed by atoms with Crippen molar-refractivity contribution in [2.75, 3.05) is 9.80 Å². The molecular weight excluding hydrogens is 1080 g/mol. The van der Waals surface area contributed by atoms with Crippen molar-refractivity contribution >= 4 is 46.3 Å². The molecule has 14 aromatic rings. The molecule has 0 N–H and O–H groups in total. The standard InChI is InChI=1S/C88H64N2/c1-9-28-67(29-10-1)69-50-54-79(55-51-69)89(77-42-21-7-22-43-77)81-46-26-41-76(63-81)87(71-32-13-3-14-33-71,72-34-15-4-16-35-72)75-40-25-27-65(61-75)47-48-66-49-59-83-84-60-58-82(64-86(84)88(85(83)62-66,73-36-17-5-18-37-73)74-38-19-6-20-39-74)90(78-44-23-8-24-45-78)80-56-52-70(53-57-80)68-30-11-2-12-31-68/h1-64H. The average Bonchev–Trinajstić information content (AvgIpc) is 1.53. The zero-order valence-electron chi connectivity index (χ0n) is 49.8. The molecule has 2 nitrogen and oxygen atoms in total. The second-order valence-corrected chi connectivity index (χ2v) is 23.2. The number of para-hydroxylation sites is 2. The topological polar surface area (TPSA) is 6.48 Å². The fraction of sp³-hybridized carbons (Fsp3) is 0.0227. The number of anilines is 6. The lowest BCUT2D eigenvalue weighted by Crippen LogP contribution is -2.31. The molecule has 0 amide bonds. The molecule has 426 valence electrons. The molecule has 0 heterocycles. The predicted molar refractivity (Wildman–Crippen MR) is 378 cm³/mol. The second kappa shape index (κ2) is 24.3. The number of fused-ring (bicyclic) bond motifs is 3. The summed E-state index contributed by atoms with van der Waals surface area (Å²) in [4.78, 5) is 4.77. The summed E-state index contributed by atoms with van der Waals surface area (Å²) in [5.74, 6) is 0. The van der Waals surface area contributed by atoms with Crippen LogP contribution in [0.5, 0.6) is 0 Å². The molecule has 14 aromatic carbocycles. The summed E-state index contributed by atoms with van der Waals surface area (Å²) in [6.07, 6.45) is 4.60. The molecule has 1 aliphatic carbocycles. The van der Waals surface area contributed by atoms with E-state index in [2.05, 4.69) is 398 Å². The minimum absolute atomic E-state index is 0.645. The summed E-state index contributed by atoms with van der Waals surface area (Å²) in [5.41, 5.74) is 24.2. The summed E-state index contributed by atoms with van der Waals surface area (Å²) < 4.78 is 0. The lowest BCUT2D eigenvalue weighted by Gasteiger charge is -2.38. The van der Waals surface area contributed by atoms with Crippen molar-refractivity contribution in [3.8, 4) is 33.4 Å². The first-order chi connectivity index (χ1) is 44.6. The Morgan fingerprint density at radius 2 is 0.544 bits per heavy atom. The van der Waals surface area contributed by atoms with Crippen molar-refractivity contribution < 1.29 is 0 Å². The average molecular weight is 1150 g/mol. The smallest absolute Gasteiger partial charge is 0.0714 e. The van der Waals surface area contributed by atoms with Crippen molar-refractivity contribution in [1.29, 1.82) is 0 Å². The quantitative estimate of drug-likeness (QED) is 0.0703. The van der Waals surface area contributed by atoms with Crippen molar-refractivity contribution in [3.63, 3.8) is 0 Å². The second-order valence-electron chi connectivity index (χ2n) is 23.2. The van der Waals surface area contributed by atoms with Gasteiger partial charge in [0, 0.05) is 34.1 Å². The largest absolute Gasteiger partial charge is 0.310 e. The maximum atomic E-state index is 2.46. The third-order valence-electron chi connectivity index (χ3n) is 18.0. The van der Waals surface area contributed by atoms with E-state index in [1.165, 1.54) is 72.3 Å². The van der Waals surface area contributed by atoms with Crippen molar-refractivity contribution in [2.24, 2.45) is 0 Å². The number of nitrogens with zero attached hydrogens (tertiary/aromatic N) is 2. The van der Waals surface area contributed by atoms with Crippen molar-refractivity contribution in [2.45, 2.75) is 10.8 Å². The van der Waals surface area contributed by atoms with Crippen LogP contribution >= 0.6 is 0 Å². The molecule has 0 saturated heterocycles. The van der Waals surface area contributed by atoms with Crippen LogP contribution in [0.15, 0.2) is 376 Å². The first-order valence-corrected chi connectivity index (χ1v) is 31.0. The minimum atomic E-state index is -0.715. The number of hydrogen-bond donors (Lipinski definition) is 0. The molecule has 0 unspecified atom stereocenters. The van der Waals surface area contributed by atoms with E-state index in [0.29, 0.717) is 0 Å². The van der Waals surface area contributed by atoms with Crippen LogP contribution in [-0.4, -0.2) is 0 Å². The number of benzene rings is 14. The summed E-state index contributed by atoms with van der Waals surface area (Å²) in [7, 11) is 0. The van der Waals surface area contributed by atoms with E-state index in [-0.39, 0.29) is 0 Å². The molecule has 1 aliphatic rings. The van der Waals surface area contributed by atoms with Gasteiger partial charge in [-0.3, -0.25) is 0 Å². The Morgan fingerprint density at radius 1 is 0.222 bits per heavy atom. The maximum absolute atomic E-state index is 2.46. The van der Waals surface area contributed by atoms with E-state index >= 15 is 0 Å². The van der Waals surface area contributed by atoms with Crippen LogP contribution in [0.1, 0.15) is 55.6 Å². The van der Waals surface area contributed by atoms with Crippen LogP contribution < -0.4 is 9.80 Å². The molecule has 0 aromatic heterocycles. The van der Waals surface area contributed by atoms with Crippen LogP contribution in [0.2, 0.25) is 0 Å². The van der Waals surface area contributed by atoms with Gasteiger partial charge in [0.2, 0.25) is 0 Å². The summed E-state index contributed by atoms with van der Waals surface area (Å²) >= 11 is 0. The fourth-order valence-corrected chi connectivity index (χ4v) is 14.0. The van der Waals surface area contributed by atoms with Crippen molar-refractivity contribution in [1.82, 2.24) is 0 Å². The molecule has 0 atom stereocenters. The molecule has 0 aliphatic heterocycles. The highest BCUT2D eigenvalue weighted by atomic mass is 15.1. The highest BCUT2D eigenvalue weighted by molar-refractivity contribution is 5.91. The van der Waals surface area contributed by atoms with Crippen LogP contribution in [-0.2, 0) is 10.8 Å². The molecule has 0 saturated carbocycles. The molecule has 90 heavy (non-hydrogen) atoms. The van der Waals surface area contributed by atoms with Gasteiger partial charge in [-0.05, 0) is 168 Å². The fourth-order valence-electron chi connectivity index (χ4n) is 14.0. The Balaban J connectivity index is 0.849. The molecule has 15 rings (SSSR count). The molecule has 2 heteroatoms.